The zero-order valence-electron chi connectivity index (χ0n) is 20.7. The summed E-state index contributed by atoms with van der Waals surface area (Å²) in [4.78, 5) is 2.30. The van der Waals surface area contributed by atoms with E-state index in [9.17, 15) is 0 Å². The number of para-hydroxylation sites is 1. The van der Waals surface area contributed by atoms with E-state index in [1.165, 1.54) is 55.1 Å². The molecule has 176 valence electrons. The highest BCUT2D eigenvalue weighted by molar-refractivity contribution is 6.25. The third-order valence-corrected chi connectivity index (χ3v) is 7.40. The monoisotopic (exact) mass is 474 g/mol. The Labute approximate surface area is 216 Å². The van der Waals surface area contributed by atoms with Crippen molar-refractivity contribution < 1.29 is 0 Å². The van der Waals surface area contributed by atoms with Crippen molar-refractivity contribution in [2.75, 3.05) is 11.9 Å². The normalized spacial score (nSPS) is 11.4. The van der Waals surface area contributed by atoms with Gasteiger partial charge in [0.05, 0.1) is 16.7 Å². The predicted molar refractivity (Wildman–Crippen MR) is 158 cm³/mol. The van der Waals surface area contributed by atoms with Crippen LogP contribution in [0.5, 0.6) is 0 Å². The van der Waals surface area contributed by atoms with Crippen LogP contribution in [0.4, 0.5) is 11.4 Å². The van der Waals surface area contributed by atoms with E-state index in [0.29, 0.717) is 0 Å². The molecule has 0 saturated carbocycles. The Morgan fingerprint density at radius 1 is 0.486 bits per heavy atom. The minimum Gasteiger partial charge on any atom is -0.344 e. The molecule has 0 fully saturated rings. The number of aromatic nitrogens is 1. The lowest BCUT2D eigenvalue weighted by Crippen LogP contribution is -2.09. The van der Waals surface area contributed by atoms with Gasteiger partial charge in [0, 0.05) is 29.2 Å². The van der Waals surface area contributed by atoms with E-state index in [4.69, 9.17) is 0 Å². The highest BCUT2D eigenvalue weighted by Gasteiger charge is 2.19. The Bertz CT molecular complexity index is 1860. The molecule has 0 saturated heterocycles. The highest BCUT2D eigenvalue weighted by Crippen LogP contribution is 2.42. The number of hydrogen-bond donors (Lipinski definition) is 0. The van der Waals surface area contributed by atoms with Crippen LogP contribution >= 0.6 is 0 Å². The first-order chi connectivity index (χ1) is 18.3. The standard InChI is InChI=1S/C35H26N2/c1-36(28-14-6-3-7-15-28)31-17-10-18-32-35(31)34-30-16-9-8-13-27(30)21-24-33(34)37(32)29-22-19-26(20-23-29)25-11-4-2-5-12-25/h2-24H,1H3. The van der Waals surface area contributed by atoms with Crippen molar-refractivity contribution in [1.82, 2.24) is 4.57 Å². The van der Waals surface area contributed by atoms with Gasteiger partial charge in [0.25, 0.3) is 0 Å². The molecule has 0 unspecified atom stereocenters. The molecule has 2 heteroatoms. The van der Waals surface area contributed by atoms with E-state index in [1.807, 2.05) is 0 Å². The average Bonchev–Trinajstić information content (AvgIpc) is 3.33. The first-order valence-corrected chi connectivity index (χ1v) is 12.7. The van der Waals surface area contributed by atoms with Crippen LogP contribution < -0.4 is 4.90 Å². The summed E-state index contributed by atoms with van der Waals surface area (Å²) < 4.78 is 2.41. The van der Waals surface area contributed by atoms with Crippen LogP contribution in [0.3, 0.4) is 0 Å². The molecule has 0 aliphatic heterocycles. The van der Waals surface area contributed by atoms with E-state index >= 15 is 0 Å². The maximum absolute atomic E-state index is 2.41. The van der Waals surface area contributed by atoms with Crippen LogP contribution in [-0.2, 0) is 0 Å². The van der Waals surface area contributed by atoms with Crippen LogP contribution in [0.1, 0.15) is 0 Å². The molecule has 0 N–H and O–H groups in total. The fourth-order valence-corrected chi connectivity index (χ4v) is 5.59. The number of rotatable bonds is 4. The van der Waals surface area contributed by atoms with Gasteiger partial charge in [-0.25, -0.2) is 0 Å². The summed E-state index contributed by atoms with van der Waals surface area (Å²) in [7, 11) is 2.16. The molecular weight excluding hydrogens is 448 g/mol. The topological polar surface area (TPSA) is 8.17 Å². The molecule has 2 nitrogen and oxygen atoms in total. The Hall–Kier alpha value is -4.82. The second-order valence-corrected chi connectivity index (χ2v) is 9.49. The fraction of sp³-hybridized carbons (Fsp3) is 0.0286. The second-order valence-electron chi connectivity index (χ2n) is 9.49. The lowest BCUT2D eigenvalue weighted by molar-refractivity contribution is 1.18. The van der Waals surface area contributed by atoms with Gasteiger partial charge >= 0.3 is 0 Å². The van der Waals surface area contributed by atoms with Crippen LogP contribution in [0.2, 0.25) is 0 Å². The number of fused-ring (bicyclic) bond motifs is 5. The molecule has 6 aromatic carbocycles. The van der Waals surface area contributed by atoms with E-state index in [0.717, 1.165) is 5.69 Å². The molecule has 7 rings (SSSR count). The van der Waals surface area contributed by atoms with Gasteiger partial charge in [-0.2, -0.15) is 0 Å². The molecule has 0 radical (unpaired) electrons. The fourth-order valence-electron chi connectivity index (χ4n) is 5.59. The maximum atomic E-state index is 2.41. The van der Waals surface area contributed by atoms with Crippen LogP contribution in [0, 0.1) is 0 Å². The smallest absolute Gasteiger partial charge is 0.0562 e. The SMILES string of the molecule is CN(c1ccccc1)c1cccc2c1c1c3ccccc3ccc1n2-c1ccc(-c2ccccc2)cc1. The van der Waals surface area contributed by atoms with Crippen molar-refractivity contribution in [1.29, 1.82) is 0 Å². The summed E-state index contributed by atoms with van der Waals surface area (Å²) in [6, 6.07) is 50.0. The lowest BCUT2D eigenvalue weighted by atomic mass is 10.0. The first-order valence-electron chi connectivity index (χ1n) is 12.7. The molecule has 7 aromatic rings. The summed E-state index contributed by atoms with van der Waals surface area (Å²) in [6.07, 6.45) is 0. The Balaban J connectivity index is 1.53. The molecule has 37 heavy (non-hydrogen) atoms. The van der Waals surface area contributed by atoms with E-state index in [2.05, 4.69) is 156 Å². The van der Waals surface area contributed by atoms with Gasteiger partial charge in [0.15, 0.2) is 0 Å². The van der Waals surface area contributed by atoms with E-state index in [-0.39, 0.29) is 0 Å². The van der Waals surface area contributed by atoms with E-state index in [1.54, 1.807) is 0 Å². The third-order valence-electron chi connectivity index (χ3n) is 7.40. The molecule has 0 spiro atoms. The van der Waals surface area contributed by atoms with Gasteiger partial charge in [0.1, 0.15) is 0 Å². The highest BCUT2D eigenvalue weighted by atomic mass is 15.1. The average molecular weight is 475 g/mol. The predicted octanol–water partition coefficient (Wildman–Crippen LogP) is 9.37. The van der Waals surface area contributed by atoms with Gasteiger partial charge in [-0.15, -0.1) is 0 Å². The minimum absolute atomic E-state index is 1.16. The second kappa shape index (κ2) is 8.69. The van der Waals surface area contributed by atoms with Crippen molar-refractivity contribution in [3.63, 3.8) is 0 Å². The summed E-state index contributed by atoms with van der Waals surface area (Å²) >= 11 is 0. The van der Waals surface area contributed by atoms with Gasteiger partial charge in [-0.1, -0.05) is 97.1 Å². The summed E-state index contributed by atoms with van der Waals surface area (Å²) in [5, 5.41) is 5.09. The zero-order chi connectivity index (χ0) is 24.8. The summed E-state index contributed by atoms with van der Waals surface area (Å²) in [5.74, 6) is 0. The molecule has 0 aliphatic rings. The van der Waals surface area contributed by atoms with Crippen molar-refractivity contribution in [3.8, 4) is 16.8 Å². The summed E-state index contributed by atoms with van der Waals surface area (Å²) in [6.45, 7) is 0. The number of benzene rings is 6. The van der Waals surface area contributed by atoms with Crippen molar-refractivity contribution >= 4 is 44.0 Å². The lowest BCUT2D eigenvalue weighted by Gasteiger charge is -2.21. The van der Waals surface area contributed by atoms with Gasteiger partial charge in [-0.3, -0.25) is 0 Å². The minimum atomic E-state index is 1.16. The van der Waals surface area contributed by atoms with Gasteiger partial charge in [-0.05, 0) is 64.4 Å². The van der Waals surface area contributed by atoms with Crippen LogP contribution in [0.15, 0.2) is 140 Å². The molecule has 0 aliphatic carbocycles. The van der Waals surface area contributed by atoms with E-state index < -0.39 is 0 Å². The van der Waals surface area contributed by atoms with Gasteiger partial charge in [0.2, 0.25) is 0 Å². The van der Waals surface area contributed by atoms with Crippen molar-refractivity contribution in [3.05, 3.63) is 140 Å². The number of nitrogens with zero attached hydrogens (tertiary/aromatic N) is 2. The Kier molecular flexibility index (Phi) is 5.04. The quantitative estimate of drug-likeness (QED) is 0.247. The number of hydrogen-bond acceptors (Lipinski definition) is 1. The van der Waals surface area contributed by atoms with Gasteiger partial charge < -0.3 is 9.47 Å². The molecule has 1 aromatic heterocycles. The molecule has 1 heterocycles. The Morgan fingerprint density at radius 3 is 1.92 bits per heavy atom. The molecule has 0 bridgehead atoms. The summed E-state index contributed by atoms with van der Waals surface area (Å²) in [5.41, 5.74) is 8.41. The largest absolute Gasteiger partial charge is 0.344 e. The van der Waals surface area contributed by atoms with Crippen LogP contribution in [-0.4, -0.2) is 11.6 Å². The van der Waals surface area contributed by atoms with Crippen molar-refractivity contribution in [2.24, 2.45) is 0 Å². The Morgan fingerprint density at radius 2 is 1.14 bits per heavy atom. The molecule has 0 atom stereocenters. The molecular formula is C35H26N2. The number of anilines is 2. The van der Waals surface area contributed by atoms with Crippen LogP contribution in [0.25, 0.3) is 49.4 Å². The maximum Gasteiger partial charge on any atom is 0.0562 e. The molecule has 0 amide bonds. The zero-order valence-corrected chi connectivity index (χ0v) is 20.7. The third kappa shape index (κ3) is 3.49. The van der Waals surface area contributed by atoms with Crippen molar-refractivity contribution in [2.45, 2.75) is 0 Å². The first kappa shape index (κ1) is 21.5.